The van der Waals surface area contributed by atoms with E-state index in [1.807, 2.05) is 63.2 Å². The standard InChI is InChI=1S/C27H34N4O3S/c1-20(2)16-31-25(15-28-27(31)35(33,34)19-23-7-5-4-6-8-23)18-30(17-22-11-12-22)26(32)29-24-13-9-21(3)10-14-24/h4-10,13-15,20,22H,11-12,16-19H2,1-3H3,(H,29,32). The molecule has 0 radical (unpaired) electrons. The van der Waals surface area contributed by atoms with E-state index >= 15 is 0 Å². The van der Waals surface area contributed by atoms with Crippen molar-refractivity contribution in [3.63, 3.8) is 0 Å². The summed E-state index contributed by atoms with van der Waals surface area (Å²) in [7, 11) is -3.66. The van der Waals surface area contributed by atoms with Gasteiger partial charge in [-0.25, -0.2) is 18.2 Å². The average Bonchev–Trinajstić information content (AvgIpc) is 3.54. The lowest BCUT2D eigenvalue weighted by Crippen LogP contribution is -2.37. The molecule has 0 aliphatic heterocycles. The molecule has 0 bridgehead atoms. The summed E-state index contributed by atoms with van der Waals surface area (Å²) < 4.78 is 28.4. The van der Waals surface area contributed by atoms with Crippen LogP contribution in [-0.4, -0.2) is 35.4 Å². The fraction of sp³-hybridized carbons (Fsp3) is 0.407. The predicted molar refractivity (Wildman–Crippen MR) is 138 cm³/mol. The van der Waals surface area contributed by atoms with Crippen molar-refractivity contribution in [3.8, 4) is 0 Å². The number of aryl methyl sites for hydroxylation is 1. The number of hydrogen-bond acceptors (Lipinski definition) is 4. The second kappa shape index (κ2) is 10.6. The van der Waals surface area contributed by atoms with Crippen LogP contribution in [-0.2, 0) is 28.7 Å². The topological polar surface area (TPSA) is 84.3 Å². The molecule has 1 fully saturated rings. The first-order chi connectivity index (χ1) is 16.7. The Kier molecular flexibility index (Phi) is 7.60. The first-order valence-corrected chi connectivity index (χ1v) is 13.8. The highest BCUT2D eigenvalue weighted by atomic mass is 32.2. The summed E-state index contributed by atoms with van der Waals surface area (Å²) in [4.78, 5) is 19.3. The third-order valence-corrected chi connectivity index (χ3v) is 7.64. The van der Waals surface area contributed by atoms with Gasteiger partial charge in [-0.3, -0.25) is 0 Å². The zero-order valence-electron chi connectivity index (χ0n) is 20.6. The number of carbonyl (C=O) groups excluding carboxylic acids is 1. The van der Waals surface area contributed by atoms with Gasteiger partial charge < -0.3 is 14.8 Å². The van der Waals surface area contributed by atoms with Gasteiger partial charge in [-0.05, 0) is 49.3 Å². The highest BCUT2D eigenvalue weighted by Gasteiger charge is 2.30. The van der Waals surface area contributed by atoms with Gasteiger partial charge in [0.05, 0.1) is 24.2 Å². The molecule has 2 aromatic carbocycles. The minimum absolute atomic E-state index is 0.0652. The van der Waals surface area contributed by atoms with E-state index in [-0.39, 0.29) is 22.9 Å². The lowest BCUT2D eigenvalue weighted by atomic mass is 10.2. The second-order valence-corrected chi connectivity index (χ2v) is 11.8. The van der Waals surface area contributed by atoms with E-state index in [0.29, 0.717) is 25.6 Å². The lowest BCUT2D eigenvalue weighted by Gasteiger charge is -2.24. The molecule has 1 N–H and O–H groups in total. The molecule has 7 nitrogen and oxygen atoms in total. The highest BCUT2D eigenvalue weighted by Crippen LogP contribution is 2.31. The Morgan fingerprint density at radius 1 is 1.11 bits per heavy atom. The minimum Gasteiger partial charge on any atom is -0.318 e. The van der Waals surface area contributed by atoms with Crippen LogP contribution in [0.4, 0.5) is 10.5 Å². The molecule has 1 aliphatic carbocycles. The number of benzene rings is 2. The third-order valence-electron chi connectivity index (χ3n) is 6.05. The van der Waals surface area contributed by atoms with Crippen LogP contribution >= 0.6 is 0 Å². The van der Waals surface area contributed by atoms with Crippen LogP contribution in [0.5, 0.6) is 0 Å². The van der Waals surface area contributed by atoms with E-state index in [9.17, 15) is 13.2 Å². The molecule has 8 heteroatoms. The highest BCUT2D eigenvalue weighted by molar-refractivity contribution is 7.90. The van der Waals surface area contributed by atoms with E-state index in [1.54, 1.807) is 27.8 Å². The summed E-state index contributed by atoms with van der Waals surface area (Å²) in [5, 5.41) is 3.06. The van der Waals surface area contributed by atoms with E-state index in [0.717, 1.165) is 35.3 Å². The maximum atomic E-state index is 13.3. The number of rotatable bonds is 10. The van der Waals surface area contributed by atoms with Gasteiger partial charge in [0.2, 0.25) is 15.0 Å². The van der Waals surface area contributed by atoms with Gasteiger partial charge in [-0.2, -0.15) is 0 Å². The van der Waals surface area contributed by atoms with Crippen molar-refractivity contribution in [1.29, 1.82) is 0 Å². The molecule has 1 aliphatic rings. The van der Waals surface area contributed by atoms with Crippen LogP contribution in [0.2, 0.25) is 0 Å². The number of sulfone groups is 1. The number of hydrogen-bond donors (Lipinski definition) is 1. The molecule has 0 saturated heterocycles. The van der Waals surface area contributed by atoms with Crippen LogP contribution < -0.4 is 5.32 Å². The Hall–Kier alpha value is -3.13. The number of imidazole rings is 1. The monoisotopic (exact) mass is 494 g/mol. The summed E-state index contributed by atoms with van der Waals surface area (Å²) in [6.07, 6.45) is 3.83. The summed E-state index contributed by atoms with van der Waals surface area (Å²) in [5.74, 6) is 0.593. The maximum Gasteiger partial charge on any atom is 0.322 e. The Morgan fingerprint density at radius 2 is 1.80 bits per heavy atom. The summed E-state index contributed by atoms with van der Waals surface area (Å²) in [6.45, 7) is 7.54. The third kappa shape index (κ3) is 6.72. The fourth-order valence-corrected chi connectivity index (χ4v) is 5.55. The second-order valence-electron chi connectivity index (χ2n) is 9.90. The number of anilines is 1. The average molecular weight is 495 g/mol. The number of nitrogens with one attached hydrogen (secondary N) is 1. The Morgan fingerprint density at radius 3 is 2.43 bits per heavy atom. The maximum absolute atomic E-state index is 13.3. The SMILES string of the molecule is Cc1ccc(NC(=O)N(Cc2cnc(S(=O)(=O)Cc3ccccc3)n2CC(C)C)CC2CC2)cc1. The molecule has 4 rings (SSSR count). The zero-order valence-corrected chi connectivity index (χ0v) is 21.5. The molecule has 0 spiro atoms. The molecule has 35 heavy (non-hydrogen) atoms. The normalized spacial score (nSPS) is 13.7. The summed E-state index contributed by atoms with van der Waals surface area (Å²) in [6, 6.07) is 16.7. The summed E-state index contributed by atoms with van der Waals surface area (Å²) >= 11 is 0. The summed E-state index contributed by atoms with van der Waals surface area (Å²) in [5.41, 5.74) is 3.31. The van der Waals surface area contributed by atoms with Crippen molar-refractivity contribution in [2.45, 2.75) is 57.6 Å². The number of aromatic nitrogens is 2. The first kappa shape index (κ1) is 25.0. The molecule has 3 aromatic rings. The van der Waals surface area contributed by atoms with Crippen LogP contribution in [0, 0.1) is 18.8 Å². The Labute approximate surface area is 208 Å². The van der Waals surface area contributed by atoms with E-state index in [1.165, 1.54) is 0 Å². The molecule has 2 amide bonds. The van der Waals surface area contributed by atoms with E-state index in [4.69, 9.17) is 0 Å². The van der Waals surface area contributed by atoms with E-state index in [2.05, 4.69) is 10.3 Å². The van der Waals surface area contributed by atoms with Crippen molar-refractivity contribution in [2.24, 2.45) is 11.8 Å². The molecule has 1 aromatic heterocycles. The van der Waals surface area contributed by atoms with Crippen LogP contribution in [0.25, 0.3) is 0 Å². The van der Waals surface area contributed by atoms with Gasteiger partial charge in [0, 0.05) is 18.8 Å². The fourth-order valence-electron chi connectivity index (χ4n) is 4.05. The zero-order chi connectivity index (χ0) is 25.0. The molecular weight excluding hydrogens is 460 g/mol. The number of carbonyl (C=O) groups is 1. The van der Waals surface area contributed by atoms with Crippen LogP contribution in [0.1, 0.15) is 43.5 Å². The number of nitrogens with zero attached hydrogens (tertiary/aromatic N) is 3. The number of urea groups is 1. The molecule has 1 heterocycles. The predicted octanol–water partition coefficient (Wildman–Crippen LogP) is 5.27. The van der Waals surface area contributed by atoms with Crippen molar-refractivity contribution in [2.75, 3.05) is 11.9 Å². The van der Waals surface area contributed by atoms with Crippen LogP contribution in [0.3, 0.4) is 0 Å². The molecule has 186 valence electrons. The number of amides is 2. The smallest absolute Gasteiger partial charge is 0.318 e. The van der Waals surface area contributed by atoms with Gasteiger partial charge >= 0.3 is 6.03 Å². The van der Waals surface area contributed by atoms with Gasteiger partial charge in [-0.1, -0.05) is 61.9 Å². The quantitative estimate of drug-likeness (QED) is 0.416. The van der Waals surface area contributed by atoms with Gasteiger partial charge in [0.1, 0.15) is 0 Å². The lowest BCUT2D eigenvalue weighted by molar-refractivity contribution is 0.204. The molecular formula is C27H34N4O3S. The molecule has 1 saturated carbocycles. The van der Waals surface area contributed by atoms with Gasteiger partial charge in [0.25, 0.3) is 0 Å². The van der Waals surface area contributed by atoms with Gasteiger partial charge in [-0.15, -0.1) is 0 Å². The van der Waals surface area contributed by atoms with Crippen molar-refractivity contribution in [3.05, 3.63) is 77.6 Å². The largest absolute Gasteiger partial charge is 0.322 e. The van der Waals surface area contributed by atoms with E-state index < -0.39 is 9.84 Å². The van der Waals surface area contributed by atoms with Crippen LogP contribution in [0.15, 0.2) is 66.0 Å². The Bertz CT molecular complexity index is 1250. The first-order valence-electron chi connectivity index (χ1n) is 12.1. The van der Waals surface area contributed by atoms with Crippen molar-refractivity contribution in [1.82, 2.24) is 14.5 Å². The van der Waals surface area contributed by atoms with Crippen molar-refractivity contribution < 1.29 is 13.2 Å². The Balaban J connectivity index is 1.59. The molecule has 0 atom stereocenters. The van der Waals surface area contributed by atoms with Crippen molar-refractivity contribution >= 4 is 21.6 Å². The molecule has 0 unspecified atom stereocenters. The minimum atomic E-state index is -3.66. The van der Waals surface area contributed by atoms with Gasteiger partial charge in [0.15, 0.2) is 0 Å².